The largest absolute Gasteiger partial charge is 0.394 e. The highest BCUT2D eigenvalue weighted by atomic mass is 16.3. The Morgan fingerprint density at radius 1 is 0.488 bits per heavy atom. The van der Waals surface area contributed by atoms with Crippen LogP contribution in [0, 0.1) is 0 Å². The van der Waals surface area contributed by atoms with Gasteiger partial charge >= 0.3 is 0 Å². The molecule has 4 nitrogen and oxygen atoms in total. The third kappa shape index (κ3) is 30.6. The van der Waals surface area contributed by atoms with E-state index in [0.717, 1.165) is 12.8 Å². The third-order valence-electron chi connectivity index (χ3n) is 8.93. The zero-order valence-corrected chi connectivity index (χ0v) is 28.1. The van der Waals surface area contributed by atoms with Crippen LogP contribution < -0.4 is 5.32 Å². The maximum absolute atomic E-state index is 11.5. The van der Waals surface area contributed by atoms with E-state index < -0.39 is 12.1 Å². The molecular weight excluding hydrogens is 506 g/mol. The van der Waals surface area contributed by atoms with E-state index in [1.165, 1.54) is 173 Å². The Morgan fingerprint density at radius 3 is 1.00 bits per heavy atom. The van der Waals surface area contributed by atoms with Crippen molar-refractivity contribution in [3.05, 3.63) is 0 Å². The van der Waals surface area contributed by atoms with Gasteiger partial charge in [-0.3, -0.25) is 4.79 Å². The Bertz CT molecular complexity index is 512. The molecule has 2 atom stereocenters. The summed E-state index contributed by atoms with van der Waals surface area (Å²) in [6, 6.07) is -0.527. The maximum atomic E-state index is 11.5. The van der Waals surface area contributed by atoms with Gasteiger partial charge in [0.25, 0.3) is 0 Å². The van der Waals surface area contributed by atoms with E-state index in [2.05, 4.69) is 12.2 Å². The van der Waals surface area contributed by atoms with E-state index >= 15 is 0 Å². The summed E-state index contributed by atoms with van der Waals surface area (Å²) in [7, 11) is 0. The van der Waals surface area contributed by atoms with Crippen molar-refractivity contribution in [2.24, 2.45) is 0 Å². The summed E-state index contributed by atoms with van der Waals surface area (Å²) in [6.45, 7) is 3.87. The van der Waals surface area contributed by atoms with Crippen LogP contribution in [-0.2, 0) is 4.79 Å². The molecule has 0 bridgehead atoms. The molecular formula is C37H75NO3. The zero-order chi connectivity index (χ0) is 30.1. The molecule has 4 heteroatoms. The summed E-state index contributed by atoms with van der Waals surface area (Å²) < 4.78 is 0. The molecule has 0 spiro atoms. The van der Waals surface area contributed by atoms with Gasteiger partial charge in [-0.1, -0.05) is 200 Å². The molecule has 1 amide bonds. The van der Waals surface area contributed by atoms with Gasteiger partial charge in [0, 0.05) is 6.42 Å². The maximum Gasteiger partial charge on any atom is 0.220 e. The molecule has 246 valence electrons. The first-order valence-electron chi connectivity index (χ1n) is 18.7. The van der Waals surface area contributed by atoms with Crippen molar-refractivity contribution in [1.29, 1.82) is 0 Å². The van der Waals surface area contributed by atoms with Gasteiger partial charge < -0.3 is 15.5 Å². The Kier molecular flexibility index (Phi) is 33.4. The molecule has 0 saturated heterocycles. The molecule has 0 aliphatic carbocycles. The van der Waals surface area contributed by atoms with Crippen LogP contribution in [0.15, 0.2) is 0 Å². The van der Waals surface area contributed by atoms with E-state index in [1.54, 1.807) is 6.92 Å². The van der Waals surface area contributed by atoms with Crippen LogP contribution in [0.3, 0.4) is 0 Å². The normalized spacial score (nSPS) is 13.0. The van der Waals surface area contributed by atoms with Crippen LogP contribution in [0.1, 0.15) is 213 Å². The number of aliphatic hydroxyl groups excluding tert-OH is 2. The first-order valence-corrected chi connectivity index (χ1v) is 18.7. The Hall–Kier alpha value is -0.610. The second kappa shape index (κ2) is 33.9. The van der Waals surface area contributed by atoms with E-state index in [1.807, 2.05) is 0 Å². The van der Waals surface area contributed by atoms with Crippen LogP contribution in [0.25, 0.3) is 0 Å². The van der Waals surface area contributed by atoms with Gasteiger partial charge in [0.2, 0.25) is 5.91 Å². The summed E-state index contributed by atoms with van der Waals surface area (Å²) in [5, 5.41) is 22.3. The summed E-state index contributed by atoms with van der Waals surface area (Å²) in [4.78, 5) is 11.5. The number of nitrogens with one attached hydrogen (secondary N) is 1. The standard InChI is InChI=1S/C37H75NO3/c1-3-5-6-7-8-9-10-11-12-13-14-15-16-17-18-19-20-21-22-23-24-25-26-27-28-29-30-31-32-33-36(40)35(34-39)38-37(41)4-2/h35-36,39-40H,3-34H2,1-2H3,(H,38,41). The van der Waals surface area contributed by atoms with E-state index in [0.29, 0.717) is 12.8 Å². The van der Waals surface area contributed by atoms with Crippen molar-refractivity contribution in [2.75, 3.05) is 6.61 Å². The number of rotatable bonds is 34. The minimum atomic E-state index is -0.649. The lowest BCUT2D eigenvalue weighted by atomic mass is 10.0. The average Bonchev–Trinajstić information content (AvgIpc) is 2.98. The fourth-order valence-electron chi connectivity index (χ4n) is 5.97. The van der Waals surface area contributed by atoms with E-state index in [4.69, 9.17) is 0 Å². The molecule has 0 aliphatic rings. The molecule has 0 fully saturated rings. The minimum absolute atomic E-state index is 0.117. The quantitative estimate of drug-likeness (QED) is 0.0662. The molecule has 41 heavy (non-hydrogen) atoms. The Balaban J connectivity index is 3.19. The van der Waals surface area contributed by atoms with Gasteiger partial charge in [-0.25, -0.2) is 0 Å². The van der Waals surface area contributed by atoms with Crippen molar-refractivity contribution >= 4 is 5.91 Å². The highest BCUT2D eigenvalue weighted by Crippen LogP contribution is 2.17. The molecule has 0 aromatic carbocycles. The van der Waals surface area contributed by atoms with E-state index in [9.17, 15) is 15.0 Å². The first-order chi connectivity index (χ1) is 20.2. The van der Waals surface area contributed by atoms with Crippen molar-refractivity contribution < 1.29 is 15.0 Å². The number of carbonyl (C=O) groups excluding carboxylic acids is 1. The number of hydrogen-bond acceptors (Lipinski definition) is 3. The summed E-state index contributed by atoms with van der Waals surface area (Å²) >= 11 is 0. The number of amides is 1. The van der Waals surface area contributed by atoms with Crippen LogP contribution >= 0.6 is 0 Å². The minimum Gasteiger partial charge on any atom is -0.394 e. The molecule has 3 N–H and O–H groups in total. The van der Waals surface area contributed by atoms with Crippen molar-refractivity contribution in [1.82, 2.24) is 5.32 Å². The second-order valence-electron chi connectivity index (χ2n) is 13.0. The average molecular weight is 582 g/mol. The lowest BCUT2D eigenvalue weighted by Crippen LogP contribution is -2.45. The van der Waals surface area contributed by atoms with Crippen LogP contribution in [0.4, 0.5) is 0 Å². The third-order valence-corrected chi connectivity index (χ3v) is 8.93. The van der Waals surface area contributed by atoms with Crippen LogP contribution in [0.5, 0.6) is 0 Å². The smallest absolute Gasteiger partial charge is 0.220 e. The highest BCUT2D eigenvalue weighted by Gasteiger charge is 2.19. The molecule has 2 unspecified atom stereocenters. The van der Waals surface area contributed by atoms with Gasteiger partial charge in [0.15, 0.2) is 0 Å². The van der Waals surface area contributed by atoms with Gasteiger partial charge in [0.05, 0.1) is 18.8 Å². The fourth-order valence-corrected chi connectivity index (χ4v) is 5.97. The predicted molar refractivity (Wildman–Crippen MR) is 179 cm³/mol. The van der Waals surface area contributed by atoms with Gasteiger partial charge in [-0.2, -0.15) is 0 Å². The molecule has 0 rings (SSSR count). The van der Waals surface area contributed by atoms with Crippen molar-refractivity contribution in [3.8, 4) is 0 Å². The molecule has 0 aliphatic heterocycles. The topological polar surface area (TPSA) is 69.6 Å². The highest BCUT2D eigenvalue weighted by molar-refractivity contribution is 5.75. The number of hydrogen-bond donors (Lipinski definition) is 3. The molecule has 0 aromatic heterocycles. The monoisotopic (exact) mass is 582 g/mol. The Labute approximate surface area is 257 Å². The predicted octanol–water partition coefficient (Wildman–Crippen LogP) is 11.0. The number of aliphatic hydroxyl groups is 2. The van der Waals surface area contributed by atoms with Crippen LogP contribution in [-0.4, -0.2) is 34.9 Å². The van der Waals surface area contributed by atoms with Gasteiger partial charge in [-0.15, -0.1) is 0 Å². The van der Waals surface area contributed by atoms with Gasteiger partial charge in [0.1, 0.15) is 0 Å². The Morgan fingerprint density at radius 2 is 0.756 bits per heavy atom. The number of carbonyl (C=O) groups is 1. The lowest BCUT2D eigenvalue weighted by molar-refractivity contribution is -0.122. The molecule has 0 saturated carbocycles. The second-order valence-corrected chi connectivity index (χ2v) is 13.0. The molecule has 0 aromatic rings. The van der Waals surface area contributed by atoms with Crippen molar-refractivity contribution in [3.63, 3.8) is 0 Å². The SMILES string of the molecule is CCCCCCCCCCCCCCCCCCCCCCCCCCCCCCCC(O)C(CO)NC(=O)CC. The molecule has 0 heterocycles. The number of unbranched alkanes of at least 4 members (excludes halogenated alkanes) is 28. The fraction of sp³-hybridized carbons (Fsp3) is 0.973. The summed E-state index contributed by atoms with van der Waals surface area (Å²) in [5.41, 5.74) is 0. The summed E-state index contributed by atoms with van der Waals surface area (Å²) in [5.74, 6) is -0.117. The van der Waals surface area contributed by atoms with Crippen molar-refractivity contribution in [2.45, 2.75) is 225 Å². The van der Waals surface area contributed by atoms with E-state index in [-0.39, 0.29) is 12.5 Å². The van der Waals surface area contributed by atoms with Gasteiger partial charge in [-0.05, 0) is 6.42 Å². The first kappa shape index (κ1) is 40.4. The zero-order valence-electron chi connectivity index (χ0n) is 28.1. The summed E-state index contributed by atoms with van der Waals surface area (Å²) in [6.07, 6.45) is 40.9. The lowest BCUT2D eigenvalue weighted by Gasteiger charge is -2.22. The van der Waals surface area contributed by atoms with Crippen LogP contribution in [0.2, 0.25) is 0 Å². The molecule has 0 radical (unpaired) electrons.